The number of aryl methyl sites for hydroxylation is 1. The molecule has 152 valence electrons. The van der Waals surface area contributed by atoms with Gasteiger partial charge in [-0.15, -0.1) is 0 Å². The minimum Gasteiger partial charge on any atom is -0.416 e. The number of hydrogen-bond acceptors (Lipinski definition) is 5. The smallest absolute Gasteiger partial charge is 0.416 e. The van der Waals surface area contributed by atoms with Gasteiger partial charge in [0.05, 0.1) is 40.6 Å². The predicted molar refractivity (Wildman–Crippen MR) is 98.7 cm³/mol. The molecule has 0 radical (unpaired) electrons. The number of carbonyl (C=O) groups is 1. The molecule has 2 aliphatic heterocycles. The normalized spacial score (nSPS) is 16.3. The fourth-order valence-electron chi connectivity index (χ4n) is 3.49. The third-order valence-corrected chi connectivity index (χ3v) is 5.26. The molecule has 6 nitrogen and oxygen atoms in total. The van der Waals surface area contributed by atoms with Crippen LogP contribution in [-0.2, 0) is 24.0 Å². The molecule has 0 saturated heterocycles. The van der Waals surface area contributed by atoms with E-state index in [2.05, 4.69) is 15.4 Å². The Kier molecular flexibility index (Phi) is 4.95. The molecule has 10 heteroatoms. The summed E-state index contributed by atoms with van der Waals surface area (Å²) in [7, 11) is 0. The summed E-state index contributed by atoms with van der Waals surface area (Å²) in [5, 5.41) is -0.588. The number of nitrogens with zero attached hydrogens (tertiary/aromatic N) is 3. The van der Waals surface area contributed by atoms with Crippen molar-refractivity contribution in [3.63, 3.8) is 0 Å². The molecule has 1 aromatic heterocycles. The molecule has 3 heterocycles. The van der Waals surface area contributed by atoms with E-state index in [1.54, 1.807) is 13.2 Å². The molecule has 0 spiro atoms. The van der Waals surface area contributed by atoms with Crippen molar-refractivity contribution in [3.05, 3.63) is 63.4 Å². The molecular weight excluding hydrogens is 409 g/mol. The standard InChI is InChI=1S/C19H16ClF3N4O2/c1-10-25-15-8-27(6-5-12(15)17(26-10)11-7-24-29-9-11)18(28)13-3-2-4-14(16(13)20)19(21,22)23/h2-4,9,24H,5-8H2,1H3. The molecule has 1 amide bonds. The number of benzene rings is 1. The van der Waals surface area contributed by atoms with Crippen LogP contribution in [0.15, 0.2) is 24.5 Å². The van der Waals surface area contributed by atoms with E-state index in [-0.39, 0.29) is 12.1 Å². The van der Waals surface area contributed by atoms with E-state index in [0.717, 1.165) is 22.9 Å². The van der Waals surface area contributed by atoms with Crippen LogP contribution in [0.1, 0.15) is 38.7 Å². The van der Waals surface area contributed by atoms with Gasteiger partial charge >= 0.3 is 6.18 Å². The lowest BCUT2D eigenvalue weighted by Crippen LogP contribution is -2.37. The molecule has 0 saturated carbocycles. The summed E-state index contributed by atoms with van der Waals surface area (Å²) in [4.78, 5) is 28.4. The van der Waals surface area contributed by atoms with E-state index >= 15 is 0 Å². The van der Waals surface area contributed by atoms with E-state index in [9.17, 15) is 18.0 Å². The van der Waals surface area contributed by atoms with Gasteiger partial charge in [0.1, 0.15) is 12.1 Å². The average Bonchev–Trinajstić information content (AvgIpc) is 3.20. The first-order chi connectivity index (χ1) is 13.8. The highest BCUT2D eigenvalue weighted by atomic mass is 35.5. The van der Waals surface area contributed by atoms with E-state index in [1.807, 2.05) is 0 Å². The quantitative estimate of drug-likeness (QED) is 0.798. The van der Waals surface area contributed by atoms with Crippen LogP contribution in [0, 0.1) is 6.92 Å². The van der Waals surface area contributed by atoms with Crippen molar-refractivity contribution >= 4 is 23.1 Å². The zero-order chi connectivity index (χ0) is 20.8. The number of amides is 1. The van der Waals surface area contributed by atoms with Crippen molar-refractivity contribution < 1.29 is 22.8 Å². The number of alkyl halides is 3. The Bertz CT molecular complexity index is 1020. The van der Waals surface area contributed by atoms with Crippen LogP contribution in [0.3, 0.4) is 0 Å². The number of fused-ring (bicyclic) bond motifs is 1. The van der Waals surface area contributed by atoms with Crippen molar-refractivity contribution in [2.45, 2.75) is 26.1 Å². The highest BCUT2D eigenvalue weighted by Gasteiger charge is 2.36. The van der Waals surface area contributed by atoms with Gasteiger partial charge in [-0.2, -0.15) is 18.7 Å². The molecule has 0 bridgehead atoms. The van der Waals surface area contributed by atoms with Crippen molar-refractivity contribution in [2.24, 2.45) is 0 Å². The zero-order valence-electron chi connectivity index (χ0n) is 15.3. The Labute approximate surface area is 169 Å². The predicted octanol–water partition coefficient (Wildman–Crippen LogP) is 3.53. The first-order valence-corrected chi connectivity index (χ1v) is 9.23. The van der Waals surface area contributed by atoms with Gasteiger partial charge < -0.3 is 9.74 Å². The van der Waals surface area contributed by atoms with E-state index < -0.39 is 22.7 Å². The molecule has 1 N–H and O–H groups in total. The maximum Gasteiger partial charge on any atom is 0.417 e. The SMILES string of the molecule is Cc1nc2c(c(C3=CONC3)n1)CCN(C(=O)c1cccc(C(F)(F)F)c1Cl)C2. The molecule has 1 aromatic carbocycles. The molecule has 4 rings (SSSR count). The third kappa shape index (κ3) is 3.67. The number of aromatic nitrogens is 2. The van der Waals surface area contributed by atoms with Crippen molar-refractivity contribution in [1.29, 1.82) is 0 Å². The number of hydroxylamine groups is 1. The Morgan fingerprint density at radius 1 is 1.31 bits per heavy atom. The van der Waals surface area contributed by atoms with Gasteiger partial charge in [-0.25, -0.2) is 9.97 Å². The third-order valence-electron chi connectivity index (χ3n) is 4.85. The lowest BCUT2D eigenvalue weighted by atomic mass is 9.98. The van der Waals surface area contributed by atoms with Crippen LogP contribution in [0.25, 0.3) is 5.57 Å². The Morgan fingerprint density at radius 2 is 2.10 bits per heavy atom. The lowest BCUT2D eigenvalue weighted by molar-refractivity contribution is -0.137. The van der Waals surface area contributed by atoms with E-state index in [0.29, 0.717) is 31.0 Å². The van der Waals surface area contributed by atoms with Gasteiger partial charge in [0.25, 0.3) is 5.91 Å². The summed E-state index contributed by atoms with van der Waals surface area (Å²) in [5.41, 5.74) is 4.77. The minimum atomic E-state index is -4.63. The Morgan fingerprint density at radius 3 is 2.79 bits per heavy atom. The van der Waals surface area contributed by atoms with Crippen molar-refractivity contribution in [2.75, 3.05) is 13.1 Å². The number of carbonyl (C=O) groups excluding carboxylic acids is 1. The van der Waals surface area contributed by atoms with Gasteiger partial charge in [-0.05, 0) is 25.5 Å². The molecule has 2 aliphatic rings. The second kappa shape index (κ2) is 7.31. The summed E-state index contributed by atoms with van der Waals surface area (Å²) in [6.45, 7) is 2.74. The second-order valence-electron chi connectivity index (χ2n) is 6.77. The fraction of sp³-hybridized carbons (Fsp3) is 0.316. The molecule has 0 atom stereocenters. The van der Waals surface area contributed by atoms with Crippen molar-refractivity contribution in [1.82, 2.24) is 20.3 Å². The van der Waals surface area contributed by atoms with Gasteiger partial charge in [-0.1, -0.05) is 17.7 Å². The maximum atomic E-state index is 13.1. The Balaban J connectivity index is 1.65. The lowest BCUT2D eigenvalue weighted by Gasteiger charge is -2.30. The Hall–Kier alpha value is -2.65. The van der Waals surface area contributed by atoms with Gasteiger partial charge in [-0.3, -0.25) is 4.79 Å². The van der Waals surface area contributed by atoms with Crippen LogP contribution in [0.5, 0.6) is 0 Å². The van der Waals surface area contributed by atoms with Crippen LogP contribution in [-0.4, -0.2) is 33.9 Å². The minimum absolute atomic E-state index is 0.165. The summed E-state index contributed by atoms with van der Waals surface area (Å²) < 4.78 is 39.4. The summed E-state index contributed by atoms with van der Waals surface area (Å²) >= 11 is 5.92. The second-order valence-corrected chi connectivity index (χ2v) is 7.15. The largest absolute Gasteiger partial charge is 0.417 e. The number of nitrogens with one attached hydrogen (secondary N) is 1. The molecule has 0 fully saturated rings. The summed E-state index contributed by atoms with van der Waals surface area (Å²) in [5.74, 6) is -0.0207. The molecule has 0 unspecified atom stereocenters. The van der Waals surface area contributed by atoms with Gasteiger partial charge in [0.2, 0.25) is 0 Å². The monoisotopic (exact) mass is 424 g/mol. The van der Waals surface area contributed by atoms with E-state index in [1.165, 1.54) is 17.0 Å². The van der Waals surface area contributed by atoms with Gasteiger partial charge in [0.15, 0.2) is 0 Å². The zero-order valence-corrected chi connectivity index (χ0v) is 16.1. The number of hydrogen-bond donors (Lipinski definition) is 1. The van der Waals surface area contributed by atoms with Crippen LogP contribution >= 0.6 is 11.6 Å². The summed E-state index contributed by atoms with van der Waals surface area (Å²) in [6, 6.07) is 3.35. The van der Waals surface area contributed by atoms with Crippen LogP contribution in [0.2, 0.25) is 5.02 Å². The topological polar surface area (TPSA) is 67.3 Å². The highest BCUT2D eigenvalue weighted by molar-refractivity contribution is 6.34. The van der Waals surface area contributed by atoms with Gasteiger partial charge in [0, 0.05) is 17.7 Å². The highest BCUT2D eigenvalue weighted by Crippen LogP contribution is 2.37. The van der Waals surface area contributed by atoms with Crippen LogP contribution in [0.4, 0.5) is 13.2 Å². The molecule has 2 aromatic rings. The molecular formula is C19H16ClF3N4O2. The molecule has 29 heavy (non-hydrogen) atoms. The summed E-state index contributed by atoms with van der Waals surface area (Å²) in [6.07, 6.45) is -2.57. The average molecular weight is 425 g/mol. The first kappa shape index (κ1) is 19.7. The van der Waals surface area contributed by atoms with E-state index in [4.69, 9.17) is 16.4 Å². The van der Waals surface area contributed by atoms with Crippen LogP contribution < -0.4 is 5.48 Å². The fourth-order valence-corrected chi connectivity index (χ4v) is 3.81. The first-order valence-electron chi connectivity index (χ1n) is 8.85. The number of rotatable bonds is 2. The number of halogens is 4. The van der Waals surface area contributed by atoms with Crippen molar-refractivity contribution in [3.8, 4) is 0 Å². The molecule has 0 aliphatic carbocycles. The maximum absolute atomic E-state index is 13.1.